The van der Waals surface area contributed by atoms with Crippen molar-refractivity contribution in [3.63, 3.8) is 0 Å². The van der Waals surface area contributed by atoms with Crippen LogP contribution < -0.4 is 9.47 Å². The number of nitrogens with zero attached hydrogens (tertiary/aromatic N) is 4. The molecule has 19 heavy (non-hydrogen) atoms. The van der Waals surface area contributed by atoms with Gasteiger partial charge in [0.25, 0.3) is 0 Å². The number of azide groups is 1. The minimum Gasteiger partial charge on any atom is -0.493 e. The number of fused-ring (bicyclic) bond motifs is 1. The molecule has 6 nitrogen and oxygen atoms in total. The Morgan fingerprint density at radius 3 is 2.58 bits per heavy atom. The number of benzene rings is 1. The van der Waals surface area contributed by atoms with Crippen molar-refractivity contribution in [2.45, 2.75) is 13.0 Å². The van der Waals surface area contributed by atoms with E-state index in [9.17, 15) is 0 Å². The van der Waals surface area contributed by atoms with Crippen LogP contribution in [0.2, 0.25) is 0 Å². The Morgan fingerprint density at radius 2 is 1.95 bits per heavy atom. The van der Waals surface area contributed by atoms with Gasteiger partial charge >= 0.3 is 0 Å². The number of hydrogen-bond acceptors (Lipinski definition) is 4. The summed E-state index contributed by atoms with van der Waals surface area (Å²) >= 11 is 0. The fourth-order valence-electron chi connectivity index (χ4n) is 2.36. The molecule has 1 aliphatic heterocycles. The molecule has 0 fully saturated rings. The highest BCUT2D eigenvalue weighted by Gasteiger charge is 2.18. The van der Waals surface area contributed by atoms with Crippen LogP contribution in [0.25, 0.3) is 10.4 Å². The van der Waals surface area contributed by atoms with Crippen LogP contribution in [-0.4, -0.2) is 38.8 Å². The minimum absolute atomic E-state index is 0.513. The largest absolute Gasteiger partial charge is 0.493 e. The molecule has 0 saturated carbocycles. The van der Waals surface area contributed by atoms with E-state index in [1.807, 2.05) is 6.07 Å². The third-order valence-corrected chi connectivity index (χ3v) is 3.38. The van der Waals surface area contributed by atoms with Crippen molar-refractivity contribution >= 4 is 0 Å². The highest BCUT2D eigenvalue weighted by Crippen LogP contribution is 2.33. The third kappa shape index (κ3) is 3.10. The van der Waals surface area contributed by atoms with E-state index in [-0.39, 0.29) is 0 Å². The van der Waals surface area contributed by atoms with E-state index < -0.39 is 0 Å². The van der Waals surface area contributed by atoms with Gasteiger partial charge in [-0.2, -0.15) is 0 Å². The Labute approximate surface area is 112 Å². The Kier molecular flexibility index (Phi) is 4.49. The molecule has 1 heterocycles. The van der Waals surface area contributed by atoms with Gasteiger partial charge in [0.1, 0.15) is 0 Å². The second-order valence-corrected chi connectivity index (χ2v) is 4.46. The average Bonchev–Trinajstić information content (AvgIpc) is 2.46. The van der Waals surface area contributed by atoms with Crippen LogP contribution in [0.1, 0.15) is 11.1 Å². The number of rotatable bonds is 5. The fourth-order valence-corrected chi connectivity index (χ4v) is 2.36. The first-order valence-corrected chi connectivity index (χ1v) is 6.25. The summed E-state index contributed by atoms with van der Waals surface area (Å²) in [7, 11) is 3.30. The predicted octanol–water partition coefficient (Wildman–Crippen LogP) is 2.37. The SMILES string of the molecule is COc1cc2c(cc1OC)CN(CCN=[N+]=[N-])CC2. The molecule has 1 aliphatic rings. The number of ether oxygens (including phenoxy) is 2. The average molecular weight is 262 g/mol. The summed E-state index contributed by atoms with van der Waals surface area (Å²) in [6.45, 7) is 3.14. The van der Waals surface area contributed by atoms with Gasteiger partial charge < -0.3 is 9.47 Å². The van der Waals surface area contributed by atoms with Crippen LogP contribution in [0, 0.1) is 0 Å². The molecule has 0 spiro atoms. The molecule has 0 N–H and O–H groups in total. The maximum Gasteiger partial charge on any atom is 0.161 e. The standard InChI is InChI=1S/C13H18N4O2/c1-18-12-7-10-3-5-17(6-4-15-16-14)9-11(10)8-13(12)19-2/h7-8H,3-6,9H2,1-2H3. The van der Waals surface area contributed by atoms with Gasteiger partial charge in [0.05, 0.1) is 14.2 Å². The first-order chi connectivity index (χ1) is 9.28. The first kappa shape index (κ1) is 13.5. The van der Waals surface area contributed by atoms with Crippen molar-refractivity contribution < 1.29 is 9.47 Å². The van der Waals surface area contributed by atoms with Gasteiger partial charge in [-0.25, -0.2) is 0 Å². The quantitative estimate of drug-likeness (QED) is 0.464. The van der Waals surface area contributed by atoms with Gasteiger partial charge in [0.2, 0.25) is 0 Å². The van der Waals surface area contributed by atoms with Crippen LogP contribution in [0.3, 0.4) is 0 Å². The summed E-state index contributed by atoms with van der Waals surface area (Å²) in [5.74, 6) is 1.54. The van der Waals surface area contributed by atoms with Gasteiger partial charge in [0, 0.05) is 31.1 Å². The maximum atomic E-state index is 8.29. The zero-order chi connectivity index (χ0) is 13.7. The first-order valence-electron chi connectivity index (χ1n) is 6.25. The van der Waals surface area contributed by atoms with Crippen molar-refractivity contribution in [3.05, 3.63) is 33.7 Å². The number of methoxy groups -OCH3 is 2. The molecular weight excluding hydrogens is 244 g/mol. The molecule has 0 amide bonds. The van der Waals surface area contributed by atoms with Gasteiger partial charge in [-0.3, -0.25) is 4.90 Å². The zero-order valence-electron chi connectivity index (χ0n) is 11.3. The van der Waals surface area contributed by atoms with Crippen LogP contribution in [0.5, 0.6) is 11.5 Å². The molecule has 102 valence electrons. The molecule has 6 heteroatoms. The monoisotopic (exact) mass is 262 g/mol. The molecular formula is C13H18N4O2. The van der Waals surface area contributed by atoms with E-state index >= 15 is 0 Å². The van der Waals surface area contributed by atoms with E-state index in [0.717, 1.165) is 37.6 Å². The summed E-state index contributed by atoms with van der Waals surface area (Å²) in [5, 5.41) is 3.58. The number of hydrogen-bond donors (Lipinski definition) is 0. The second-order valence-electron chi connectivity index (χ2n) is 4.46. The Bertz CT molecular complexity index is 498. The summed E-state index contributed by atoms with van der Waals surface area (Å²) in [5.41, 5.74) is 10.8. The van der Waals surface area contributed by atoms with Crippen molar-refractivity contribution in [2.24, 2.45) is 5.11 Å². The van der Waals surface area contributed by atoms with Gasteiger partial charge in [-0.15, -0.1) is 0 Å². The Hall–Kier alpha value is -1.91. The van der Waals surface area contributed by atoms with E-state index in [2.05, 4.69) is 21.0 Å². The van der Waals surface area contributed by atoms with Gasteiger partial charge in [0.15, 0.2) is 11.5 Å². The van der Waals surface area contributed by atoms with Crippen molar-refractivity contribution in [3.8, 4) is 11.5 Å². The molecule has 1 aromatic rings. The Balaban J connectivity index is 2.13. The molecule has 1 aromatic carbocycles. The molecule has 2 rings (SSSR count). The van der Waals surface area contributed by atoms with Crippen molar-refractivity contribution in [1.82, 2.24) is 4.90 Å². The van der Waals surface area contributed by atoms with E-state index in [1.54, 1.807) is 14.2 Å². The van der Waals surface area contributed by atoms with Crippen LogP contribution >= 0.6 is 0 Å². The molecule has 0 saturated heterocycles. The van der Waals surface area contributed by atoms with E-state index in [1.165, 1.54) is 11.1 Å². The lowest BCUT2D eigenvalue weighted by Gasteiger charge is -2.29. The predicted molar refractivity (Wildman–Crippen MR) is 72.5 cm³/mol. The van der Waals surface area contributed by atoms with E-state index in [0.29, 0.717) is 6.54 Å². The third-order valence-electron chi connectivity index (χ3n) is 3.38. The van der Waals surface area contributed by atoms with Crippen LogP contribution in [0.4, 0.5) is 0 Å². The highest BCUT2D eigenvalue weighted by molar-refractivity contribution is 5.48. The smallest absolute Gasteiger partial charge is 0.161 e. The Morgan fingerprint density at radius 1 is 1.26 bits per heavy atom. The summed E-state index contributed by atoms with van der Waals surface area (Å²) < 4.78 is 10.6. The summed E-state index contributed by atoms with van der Waals surface area (Å²) in [6, 6.07) is 4.09. The van der Waals surface area contributed by atoms with E-state index in [4.69, 9.17) is 15.0 Å². The van der Waals surface area contributed by atoms with Gasteiger partial charge in [-0.05, 0) is 35.2 Å². The summed E-state index contributed by atoms with van der Waals surface area (Å²) in [4.78, 5) is 5.06. The summed E-state index contributed by atoms with van der Waals surface area (Å²) in [6.07, 6.45) is 0.978. The normalized spacial score (nSPS) is 14.4. The molecule has 0 aliphatic carbocycles. The molecule has 0 unspecified atom stereocenters. The van der Waals surface area contributed by atoms with Crippen LogP contribution in [0.15, 0.2) is 17.2 Å². The lowest BCUT2D eigenvalue weighted by molar-refractivity contribution is 0.259. The minimum atomic E-state index is 0.513. The lowest BCUT2D eigenvalue weighted by atomic mass is 9.99. The molecule has 0 atom stereocenters. The topological polar surface area (TPSA) is 70.5 Å². The molecule has 0 aromatic heterocycles. The highest BCUT2D eigenvalue weighted by atomic mass is 16.5. The zero-order valence-corrected chi connectivity index (χ0v) is 11.3. The molecule has 0 bridgehead atoms. The lowest BCUT2D eigenvalue weighted by Crippen LogP contribution is -2.32. The maximum absolute atomic E-state index is 8.29. The van der Waals surface area contributed by atoms with Crippen molar-refractivity contribution in [1.29, 1.82) is 0 Å². The second kappa shape index (κ2) is 6.31. The fraction of sp³-hybridized carbons (Fsp3) is 0.538. The van der Waals surface area contributed by atoms with Gasteiger partial charge in [-0.1, -0.05) is 5.11 Å². The van der Waals surface area contributed by atoms with Crippen LogP contribution in [-0.2, 0) is 13.0 Å². The van der Waals surface area contributed by atoms with Crippen molar-refractivity contribution in [2.75, 3.05) is 33.9 Å². The molecule has 0 radical (unpaired) electrons.